The lowest BCUT2D eigenvalue weighted by Gasteiger charge is -2.33. The highest BCUT2D eigenvalue weighted by Gasteiger charge is 2.46. The summed E-state index contributed by atoms with van der Waals surface area (Å²) in [6, 6.07) is 3.30. The average molecular weight is 379 g/mol. The third-order valence-electron chi connectivity index (χ3n) is 3.98. The number of nitrogens with one attached hydrogen (secondary N) is 1. The number of carbonyl (C=O) groups excluding carboxylic acids is 1. The monoisotopic (exact) mass is 379 g/mol. The van der Waals surface area contributed by atoms with Gasteiger partial charge in [0.2, 0.25) is 0 Å². The van der Waals surface area contributed by atoms with Gasteiger partial charge in [-0.25, -0.2) is 18.2 Å². The van der Waals surface area contributed by atoms with Crippen molar-refractivity contribution in [3.63, 3.8) is 0 Å². The normalized spacial score (nSPS) is 19.7. The number of amidine groups is 1. The maximum Gasteiger partial charge on any atom is 0.275 e. The number of anilines is 1. The Labute approximate surface area is 152 Å². The average Bonchev–Trinajstić information content (AvgIpc) is 2.63. The number of halogens is 3. The fraction of sp³-hybridized carbons (Fsp3) is 0.294. The van der Waals surface area contributed by atoms with Crippen LogP contribution in [0.15, 0.2) is 35.6 Å². The molecule has 2 aromatic rings. The minimum atomic E-state index is -3.07. The van der Waals surface area contributed by atoms with E-state index >= 15 is 0 Å². The summed E-state index contributed by atoms with van der Waals surface area (Å²) in [4.78, 5) is 23.9. The molecular weight excluding hydrogens is 363 g/mol. The first kappa shape index (κ1) is 18.8. The van der Waals surface area contributed by atoms with Gasteiger partial charge in [0.05, 0.1) is 18.5 Å². The molecule has 0 bridgehead atoms. The van der Waals surface area contributed by atoms with Crippen molar-refractivity contribution in [2.45, 2.75) is 18.9 Å². The molecule has 1 aromatic heterocycles. The molecule has 0 fully saturated rings. The number of rotatable bonds is 4. The molecule has 142 valence electrons. The number of aromatic nitrogens is 2. The molecule has 1 unspecified atom stereocenters. The number of aryl methyl sites for hydroxylation is 1. The summed E-state index contributed by atoms with van der Waals surface area (Å²) < 4.78 is 47.0. The Hall–Kier alpha value is -3.01. The van der Waals surface area contributed by atoms with Crippen molar-refractivity contribution in [1.29, 1.82) is 0 Å². The number of nitrogens with zero attached hydrogens (tertiary/aromatic N) is 3. The minimum absolute atomic E-state index is 0.0262. The summed E-state index contributed by atoms with van der Waals surface area (Å²) in [5, 5.41) is 2.48. The molecule has 0 spiro atoms. The number of alkyl halides is 2. The smallest absolute Gasteiger partial charge is 0.275 e. The second-order valence-corrected chi connectivity index (χ2v) is 6.01. The van der Waals surface area contributed by atoms with Crippen LogP contribution in [0.2, 0.25) is 0 Å². The number of nitrogens with two attached hydrogens (primary N) is 1. The number of amides is 1. The summed E-state index contributed by atoms with van der Waals surface area (Å²) in [6.07, 6.45) is -0.386. The van der Waals surface area contributed by atoms with Crippen molar-refractivity contribution in [1.82, 2.24) is 9.97 Å². The second-order valence-electron chi connectivity index (χ2n) is 6.01. The van der Waals surface area contributed by atoms with E-state index in [4.69, 9.17) is 10.5 Å². The fourth-order valence-corrected chi connectivity index (χ4v) is 2.64. The van der Waals surface area contributed by atoms with E-state index < -0.39 is 35.9 Å². The zero-order valence-electron chi connectivity index (χ0n) is 14.2. The van der Waals surface area contributed by atoms with Crippen molar-refractivity contribution in [2.24, 2.45) is 10.7 Å². The molecule has 0 aliphatic carbocycles. The Morgan fingerprint density at radius 3 is 2.74 bits per heavy atom. The van der Waals surface area contributed by atoms with E-state index in [1.807, 2.05) is 0 Å². The molecular formula is C17H16F3N5O2. The van der Waals surface area contributed by atoms with Crippen LogP contribution >= 0.6 is 0 Å². The summed E-state index contributed by atoms with van der Waals surface area (Å²) in [5.41, 5.74) is 3.57. The minimum Gasteiger partial charge on any atom is -0.385 e. The Balaban J connectivity index is 1.95. The molecule has 1 aliphatic rings. The summed E-state index contributed by atoms with van der Waals surface area (Å²) in [5.74, 6) is -1.69. The summed E-state index contributed by atoms with van der Waals surface area (Å²) in [7, 11) is 0. The molecule has 3 N–H and O–H groups in total. The van der Waals surface area contributed by atoms with Crippen molar-refractivity contribution < 1.29 is 22.7 Å². The molecule has 0 saturated carbocycles. The number of carbonyl (C=O) groups is 1. The van der Waals surface area contributed by atoms with Crippen LogP contribution in [0.3, 0.4) is 0 Å². The number of hydrogen-bond donors (Lipinski definition) is 2. The first-order chi connectivity index (χ1) is 12.8. The molecule has 1 atom stereocenters. The van der Waals surface area contributed by atoms with Gasteiger partial charge < -0.3 is 15.8 Å². The van der Waals surface area contributed by atoms with Gasteiger partial charge in [0.15, 0.2) is 5.54 Å². The first-order valence-electron chi connectivity index (χ1n) is 7.92. The largest absolute Gasteiger partial charge is 0.385 e. The third-order valence-corrected chi connectivity index (χ3v) is 3.98. The number of benzene rings is 1. The highest BCUT2D eigenvalue weighted by atomic mass is 19.3. The summed E-state index contributed by atoms with van der Waals surface area (Å²) in [6.45, 7) is 1.06. The van der Waals surface area contributed by atoms with Crippen LogP contribution in [-0.4, -0.2) is 41.3 Å². The molecule has 2 heterocycles. The van der Waals surface area contributed by atoms with Gasteiger partial charge in [0.1, 0.15) is 24.0 Å². The van der Waals surface area contributed by atoms with Gasteiger partial charge in [0.25, 0.3) is 12.3 Å². The van der Waals surface area contributed by atoms with Crippen LogP contribution in [0.1, 0.15) is 21.7 Å². The molecule has 0 saturated heterocycles. The quantitative estimate of drug-likeness (QED) is 0.846. The maximum atomic E-state index is 14.4. The van der Waals surface area contributed by atoms with Crippen LogP contribution in [0.4, 0.5) is 18.9 Å². The Bertz CT molecular complexity index is 889. The van der Waals surface area contributed by atoms with Crippen molar-refractivity contribution in [3.05, 3.63) is 53.4 Å². The van der Waals surface area contributed by atoms with Gasteiger partial charge in [-0.05, 0) is 25.1 Å². The zero-order chi connectivity index (χ0) is 19.6. The molecule has 10 heteroatoms. The maximum absolute atomic E-state index is 14.4. The van der Waals surface area contributed by atoms with Crippen molar-refractivity contribution in [3.8, 4) is 0 Å². The number of hydrogen-bond acceptors (Lipinski definition) is 6. The SMILES string of the molecule is Cc1cnc(C(=O)Nc2ccc(F)c(C3(C(F)F)COCC(N)=N3)c2)cn1. The van der Waals surface area contributed by atoms with Crippen LogP contribution in [-0.2, 0) is 10.3 Å². The van der Waals surface area contributed by atoms with Gasteiger partial charge in [-0.1, -0.05) is 0 Å². The Kier molecular flexibility index (Phi) is 5.08. The van der Waals surface area contributed by atoms with E-state index in [0.29, 0.717) is 5.69 Å². The fourth-order valence-electron chi connectivity index (χ4n) is 2.64. The van der Waals surface area contributed by atoms with Gasteiger partial charge in [0, 0.05) is 17.4 Å². The van der Waals surface area contributed by atoms with Gasteiger partial charge in [-0.3, -0.25) is 14.8 Å². The molecule has 3 rings (SSSR count). The Morgan fingerprint density at radius 1 is 1.33 bits per heavy atom. The predicted octanol–water partition coefficient (Wildman–Crippen LogP) is 2.02. The topological polar surface area (TPSA) is 102 Å². The molecule has 27 heavy (non-hydrogen) atoms. The first-order valence-corrected chi connectivity index (χ1v) is 7.92. The van der Waals surface area contributed by atoms with E-state index in [2.05, 4.69) is 20.3 Å². The van der Waals surface area contributed by atoms with Gasteiger partial charge in [-0.15, -0.1) is 0 Å². The summed E-state index contributed by atoms with van der Waals surface area (Å²) >= 11 is 0. The lowest BCUT2D eigenvalue weighted by molar-refractivity contribution is -0.0145. The van der Waals surface area contributed by atoms with Crippen LogP contribution in [0.25, 0.3) is 0 Å². The van der Waals surface area contributed by atoms with Crippen molar-refractivity contribution in [2.75, 3.05) is 18.5 Å². The Morgan fingerprint density at radius 2 is 2.11 bits per heavy atom. The molecule has 0 radical (unpaired) electrons. The van der Waals surface area contributed by atoms with E-state index in [0.717, 1.165) is 12.1 Å². The molecule has 1 aliphatic heterocycles. The van der Waals surface area contributed by atoms with E-state index in [1.54, 1.807) is 6.92 Å². The standard InChI is InChI=1S/C17H16F3N5O2/c1-9-5-23-13(6-22-9)15(26)24-10-2-3-12(18)11(4-10)17(16(19)20)8-27-7-14(21)25-17/h2-6,16H,7-8H2,1H3,(H2,21,25)(H,24,26). The number of ether oxygens (including phenoxy) is 1. The third kappa shape index (κ3) is 3.75. The second kappa shape index (κ2) is 7.31. The van der Waals surface area contributed by atoms with Crippen LogP contribution < -0.4 is 11.1 Å². The van der Waals surface area contributed by atoms with E-state index in [-0.39, 0.29) is 23.8 Å². The van der Waals surface area contributed by atoms with Crippen molar-refractivity contribution >= 4 is 17.4 Å². The molecule has 7 nitrogen and oxygen atoms in total. The van der Waals surface area contributed by atoms with Gasteiger partial charge >= 0.3 is 0 Å². The zero-order valence-corrected chi connectivity index (χ0v) is 14.2. The lowest BCUT2D eigenvalue weighted by atomic mass is 9.90. The molecule has 1 aromatic carbocycles. The van der Waals surface area contributed by atoms with E-state index in [1.165, 1.54) is 18.5 Å². The lowest BCUT2D eigenvalue weighted by Crippen LogP contribution is -2.45. The van der Waals surface area contributed by atoms with Gasteiger partial charge in [-0.2, -0.15) is 0 Å². The van der Waals surface area contributed by atoms with E-state index in [9.17, 15) is 18.0 Å². The van der Waals surface area contributed by atoms with Crippen LogP contribution in [0.5, 0.6) is 0 Å². The highest BCUT2D eigenvalue weighted by molar-refractivity contribution is 6.02. The predicted molar refractivity (Wildman–Crippen MR) is 91.2 cm³/mol. The number of aliphatic imine (C=N–C) groups is 1. The van der Waals surface area contributed by atoms with Crippen LogP contribution in [0, 0.1) is 12.7 Å². The molecule has 1 amide bonds. The highest BCUT2D eigenvalue weighted by Crippen LogP contribution is 2.37.